The highest BCUT2D eigenvalue weighted by Gasteiger charge is 2.52. The molecule has 0 aliphatic carbocycles. The van der Waals surface area contributed by atoms with Gasteiger partial charge in [-0.2, -0.15) is 0 Å². The molecule has 5 amide bonds. The fourth-order valence-corrected chi connectivity index (χ4v) is 11.7. The number of ether oxygens (including phenoxy) is 2. The standard InChI is InChI=1S/C63H101N9O11/c1-59(2,3)50-26-34-68(54(74)75)38-35-66(30-20-33-71(55(76)77)52(60(4,5)6)53(61(7,8)9)72(50)56(78)79)43-46-22-16-21-45(41-46)42-65-28-18-31-70(58(81)83-63(13,14)15)40-37-67(29-19-32-69(39-36-65)57(80)82-62(10,11)12)44-47-24-25-49(73)51-48(47)23-17-27-64-51/h16-17,21-25,27,41,50,52-53,73H,18-20,26,28-40,42-44H2,1-15H3,(H,74,75)(H,76,77)(H,78,79). The van der Waals surface area contributed by atoms with E-state index in [1.807, 2.05) is 134 Å². The summed E-state index contributed by atoms with van der Waals surface area (Å²) in [6.45, 7) is 35.2. The third kappa shape index (κ3) is 20.6. The van der Waals surface area contributed by atoms with E-state index in [4.69, 9.17) is 9.47 Å². The van der Waals surface area contributed by atoms with Gasteiger partial charge in [0.25, 0.3) is 0 Å². The number of amides is 5. The third-order valence-electron chi connectivity index (χ3n) is 15.5. The molecule has 20 nitrogen and oxygen atoms in total. The lowest BCUT2D eigenvalue weighted by atomic mass is 9.69. The van der Waals surface area contributed by atoms with Crippen LogP contribution in [0.15, 0.2) is 54.7 Å². The van der Waals surface area contributed by atoms with Crippen molar-refractivity contribution >= 4 is 41.4 Å². The van der Waals surface area contributed by atoms with Crippen LogP contribution in [0, 0.1) is 16.2 Å². The van der Waals surface area contributed by atoms with E-state index in [1.165, 1.54) is 14.7 Å². The molecule has 2 aromatic carbocycles. The van der Waals surface area contributed by atoms with Gasteiger partial charge in [0.15, 0.2) is 0 Å². The Hall–Kier alpha value is -6.12. The zero-order valence-corrected chi connectivity index (χ0v) is 52.7. The van der Waals surface area contributed by atoms with Crippen LogP contribution in [0.25, 0.3) is 10.9 Å². The van der Waals surface area contributed by atoms with Crippen LogP contribution in [-0.2, 0) is 29.1 Å². The van der Waals surface area contributed by atoms with Gasteiger partial charge in [0, 0.05) is 122 Å². The van der Waals surface area contributed by atoms with Gasteiger partial charge in [0.1, 0.15) is 22.5 Å². The molecule has 2 fully saturated rings. The first kappa shape index (κ1) is 67.7. The summed E-state index contributed by atoms with van der Waals surface area (Å²) >= 11 is 0. The van der Waals surface area contributed by atoms with E-state index in [1.54, 1.807) is 22.1 Å². The fourth-order valence-electron chi connectivity index (χ4n) is 11.7. The van der Waals surface area contributed by atoms with Crippen molar-refractivity contribution in [3.8, 4) is 5.75 Å². The molecule has 83 heavy (non-hydrogen) atoms. The summed E-state index contributed by atoms with van der Waals surface area (Å²) in [6.07, 6.45) is -0.672. The van der Waals surface area contributed by atoms with Crippen molar-refractivity contribution < 1.29 is 53.9 Å². The molecule has 3 unspecified atom stereocenters. The molecule has 2 aliphatic heterocycles. The first-order chi connectivity index (χ1) is 38.5. The molecule has 5 rings (SSSR count). The second-order valence-corrected chi connectivity index (χ2v) is 28.0. The zero-order valence-electron chi connectivity index (χ0n) is 52.7. The van der Waals surface area contributed by atoms with E-state index in [2.05, 4.69) is 31.8 Å². The van der Waals surface area contributed by atoms with Crippen LogP contribution < -0.4 is 0 Å². The molecule has 20 heteroatoms. The number of aromatic nitrogens is 1. The van der Waals surface area contributed by atoms with E-state index >= 15 is 0 Å². The van der Waals surface area contributed by atoms with Gasteiger partial charge < -0.3 is 49.5 Å². The van der Waals surface area contributed by atoms with E-state index in [-0.39, 0.29) is 31.8 Å². The molecule has 3 heterocycles. The van der Waals surface area contributed by atoms with E-state index in [9.17, 15) is 44.4 Å². The number of phenols is 1. The highest BCUT2D eigenvalue weighted by Crippen LogP contribution is 2.42. The molecule has 3 aromatic rings. The fraction of sp³-hybridized carbons (Fsp3) is 0.683. The second-order valence-electron chi connectivity index (χ2n) is 28.0. The normalized spacial score (nSPS) is 20.6. The highest BCUT2D eigenvalue weighted by molar-refractivity contribution is 5.87. The van der Waals surface area contributed by atoms with Gasteiger partial charge in [-0.3, -0.25) is 24.6 Å². The van der Waals surface area contributed by atoms with Gasteiger partial charge in [0.05, 0.1) is 12.1 Å². The molecular formula is C63H101N9O11. The summed E-state index contributed by atoms with van der Waals surface area (Å²) in [7, 11) is 0. The average molecular weight is 1160 g/mol. The monoisotopic (exact) mass is 1160 g/mol. The molecule has 1 aromatic heterocycles. The molecule has 464 valence electrons. The van der Waals surface area contributed by atoms with Gasteiger partial charge in [-0.25, -0.2) is 24.0 Å². The predicted octanol–water partition coefficient (Wildman–Crippen LogP) is 11.3. The number of carbonyl (C=O) groups is 5. The van der Waals surface area contributed by atoms with Crippen molar-refractivity contribution in [1.29, 1.82) is 0 Å². The van der Waals surface area contributed by atoms with Crippen molar-refractivity contribution in [2.45, 2.75) is 179 Å². The lowest BCUT2D eigenvalue weighted by Gasteiger charge is -2.55. The molecule has 0 spiro atoms. The number of carbonyl (C=O) groups excluding carboxylic acids is 2. The average Bonchev–Trinajstić information content (AvgIpc) is 3.56. The predicted molar refractivity (Wildman–Crippen MR) is 324 cm³/mol. The number of hydrogen-bond donors (Lipinski definition) is 4. The Kier molecular flexibility index (Phi) is 23.4. The Balaban J connectivity index is 1.45. The van der Waals surface area contributed by atoms with Crippen molar-refractivity contribution in [3.63, 3.8) is 0 Å². The number of rotatable bonds is 6. The molecule has 0 saturated carbocycles. The van der Waals surface area contributed by atoms with Crippen LogP contribution in [0.3, 0.4) is 0 Å². The number of aromatic hydroxyl groups is 1. The summed E-state index contributed by atoms with van der Waals surface area (Å²) in [5.41, 5.74) is 0.0386. The zero-order chi connectivity index (χ0) is 61.8. The van der Waals surface area contributed by atoms with Crippen LogP contribution >= 0.6 is 0 Å². The maximum atomic E-state index is 14.0. The quantitative estimate of drug-likeness (QED) is 0.180. The summed E-state index contributed by atoms with van der Waals surface area (Å²) < 4.78 is 12.0. The lowest BCUT2D eigenvalue weighted by Crippen LogP contribution is -2.67. The van der Waals surface area contributed by atoms with Gasteiger partial charge in [0.2, 0.25) is 0 Å². The van der Waals surface area contributed by atoms with E-state index in [0.29, 0.717) is 110 Å². The second kappa shape index (κ2) is 28.6. The number of carboxylic acid groups (broad SMARTS) is 3. The Morgan fingerprint density at radius 3 is 1.43 bits per heavy atom. The van der Waals surface area contributed by atoms with Crippen LogP contribution in [0.5, 0.6) is 5.75 Å². The summed E-state index contributed by atoms with van der Waals surface area (Å²) in [4.78, 5) is 87.2. The Labute approximate surface area is 494 Å². The van der Waals surface area contributed by atoms with Gasteiger partial charge in [-0.05, 0) is 112 Å². The van der Waals surface area contributed by atoms with Crippen molar-refractivity contribution in [1.82, 2.24) is 44.2 Å². The largest absolute Gasteiger partial charge is 0.506 e. The number of nitrogens with zero attached hydrogens (tertiary/aromatic N) is 9. The molecule has 2 saturated heterocycles. The number of benzene rings is 2. The van der Waals surface area contributed by atoms with Crippen LogP contribution in [0.1, 0.15) is 146 Å². The first-order valence-electron chi connectivity index (χ1n) is 29.8. The number of hydrogen-bond acceptors (Lipinski definition) is 12. The smallest absolute Gasteiger partial charge is 0.410 e. The molecule has 3 atom stereocenters. The van der Waals surface area contributed by atoms with Crippen LogP contribution in [-0.4, -0.2) is 209 Å². The van der Waals surface area contributed by atoms with Crippen LogP contribution in [0.2, 0.25) is 0 Å². The maximum Gasteiger partial charge on any atom is 0.410 e. The summed E-state index contributed by atoms with van der Waals surface area (Å²) in [6, 6.07) is 13.4. The highest BCUT2D eigenvalue weighted by atomic mass is 16.6. The van der Waals surface area contributed by atoms with Crippen molar-refractivity contribution in [3.05, 3.63) is 71.4 Å². The minimum Gasteiger partial charge on any atom is -0.506 e. The molecule has 0 radical (unpaired) electrons. The first-order valence-corrected chi connectivity index (χ1v) is 29.8. The molecule has 0 bridgehead atoms. The number of phenolic OH excluding ortho intramolecular Hbond substituents is 1. The summed E-state index contributed by atoms with van der Waals surface area (Å²) in [5.74, 6) is 0.105. The molecule has 2 aliphatic rings. The van der Waals surface area contributed by atoms with E-state index in [0.717, 1.165) is 22.1 Å². The van der Waals surface area contributed by atoms with Crippen molar-refractivity contribution in [2.75, 3.05) is 85.1 Å². The topological polar surface area (TPSA) is 224 Å². The minimum absolute atomic E-state index is 0.0793. The number of fused-ring (bicyclic) bond motifs is 1. The SMILES string of the molecule is CC(C)(C)OC(=O)N1CCCN(Cc2ccc(O)c3ncccc23)CCN(C(=O)OC(C)(C)C)CCCN(Cc2cccc(CN3CCCN(C(=O)O)C(C(C)(C)C)C(C(C)(C)C)N(C(=O)O)C(C(C)(C)C)CCN(C(=O)O)CC3)c2)CC1. The Morgan fingerprint density at radius 2 is 0.988 bits per heavy atom. The van der Waals surface area contributed by atoms with Crippen LogP contribution in [0.4, 0.5) is 24.0 Å². The number of pyridine rings is 1. The lowest BCUT2D eigenvalue weighted by molar-refractivity contribution is -0.0541. The maximum absolute atomic E-state index is 14.0. The van der Waals surface area contributed by atoms with Gasteiger partial charge >= 0.3 is 30.5 Å². The minimum atomic E-state index is -1.17. The summed E-state index contributed by atoms with van der Waals surface area (Å²) in [5, 5.41) is 44.3. The third-order valence-corrected chi connectivity index (χ3v) is 15.5. The molecular weight excluding hydrogens is 1060 g/mol. The van der Waals surface area contributed by atoms with E-state index < -0.39 is 76.0 Å². The van der Waals surface area contributed by atoms with Gasteiger partial charge in [-0.1, -0.05) is 98.7 Å². The Morgan fingerprint density at radius 1 is 0.506 bits per heavy atom. The Bertz CT molecular complexity index is 2640. The van der Waals surface area contributed by atoms with Gasteiger partial charge in [-0.15, -0.1) is 0 Å². The molecule has 4 N–H and O–H groups in total. The van der Waals surface area contributed by atoms with Crippen molar-refractivity contribution in [2.24, 2.45) is 16.2 Å².